The number of para-hydroxylation sites is 1. The van der Waals surface area contributed by atoms with Crippen molar-refractivity contribution in [3.63, 3.8) is 0 Å². The molecule has 1 aliphatic heterocycles. The molecule has 3 heterocycles. The standard InChI is InChI=1S/C20H14N6O2S/c27-18-17(24-20-26-25-19(28-20)15-10-21-11-29-15)23-16(12-6-2-1-3-7-12)13-8-4-5-9-14(13)22-18/h1-11,17H,(H,22,27)(H,24,26)/t17-/m1/s1. The predicted molar refractivity (Wildman–Crippen MR) is 110 cm³/mol. The fourth-order valence-corrected chi connectivity index (χ4v) is 3.54. The van der Waals surface area contributed by atoms with Crippen LogP contribution >= 0.6 is 11.3 Å². The maximum Gasteiger partial charge on any atom is 0.317 e. The minimum atomic E-state index is -0.938. The van der Waals surface area contributed by atoms with Gasteiger partial charge < -0.3 is 15.1 Å². The third-order valence-electron chi connectivity index (χ3n) is 4.32. The number of amides is 1. The van der Waals surface area contributed by atoms with Gasteiger partial charge in [-0.1, -0.05) is 53.6 Å². The van der Waals surface area contributed by atoms with Crippen molar-refractivity contribution in [1.82, 2.24) is 15.2 Å². The topological polar surface area (TPSA) is 105 Å². The number of benzene rings is 2. The van der Waals surface area contributed by atoms with Crippen LogP contribution in [0.15, 0.2) is 75.7 Å². The Kier molecular flexibility index (Phi) is 4.34. The molecule has 2 aromatic heterocycles. The third-order valence-corrected chi connectivity index (χ3v) is 5.08. The number of thiazole rings is 1. The van der Waals surface area contributed by atoms with Crippen molar-refractivity contribution < 1.29 is 9.21 Å². The Hall–Kier alpha value is -3.85. The number of rotatable bonds is 4. The van der Waals surface area contributed by atoms with Gasteiger partial charge in [-0.25, -0.2) is 4.99 Å². The maximum absolute atomic E-state index is 12.8. The van der Waals surface area contributed by atoms with Crippen LogP contribution in [0.3, 0.4) is 0 Å². The van der Waals surface area contributed by atoms with Crippen molar-refractivity contribution in [2.75, 3.05) is 10.6 Å². The van der Waals surface area contributed by atoms with E-state index in [-0.39, 0.29) is 11.9 Å². The summed E-state index contributed by atoms with van der Waals surface area (Å²) >= 11 is 1.39. The molecule has 9 heteroatoms. The first-order chi connectivity index (χ1) is 14.3. The molecule has 8 nitrogen and oxygen atoms in total. The van der Waals surface area contributed by atoms with Crippen molar-refractivity contribution in [2.24, 2.45) is 4.99 Å². The Morgan fingerprint density at radius 1 is 1.03 bits per heavy atom. The number of hydrogen-bond donors (Lipinski definition) is 2. The van der Waals surface area contributed by atoms with Gasteiger partial charge >= 0.3 is 6.01 Å². The Morgan fingerprint density at radius 3 is 2.69 bits per heavy atom. The molecule has 0 radical (unpaired) electrons. The van der Waals surface area contributed by atoms with Gasteiger partial charge in [0.2, 0.25) is 6.17 Å². The number of carbonyl (C=O) groups is 1. The maximum atomic E-state index is 12.8. The van der Waals surface area contributed by atoms with Gasteiger partial charge in [0.1, 0.15) is 4.88 Å². The highest BCUT2D eigenvalue weighted by molar-refractivity contribution is 7.13. The molecule has 0 aliphatic carbocycles. The largest absolute Gasteiger partial charge is 0.402 e. The van der Waals surface area contributed by atoms with Gasteiger partial charge in [-0.15, -0.1) is 16.4 Å². The van der Waals surface area contributed by atoms with Crippen LogP contribution in [0, 0.1) is 0 Å². The van der Waals surface area contributed by atoms with Crippen LogP contribution in [0.1, 0.15) is 11.1 Å². The number of fused-ring (bicyclic) bond motifs is 1. The van der Waals surface area contributed by atoms with E-state index in [1.54, 1.807) is 11.7 Å². The molecule has 1 aliphatic rings. The molecule has 2 aromatic carbocycles. The normalized spacial score (nSPS) is 15.8. The average Bonchev–Trinajstić information content (AvgIpc) is 3.42. The summed E-state index contributed by atoms with van der Waals surface area (Å²) in [6, 6.07) is 17.4. The van der Waals surface area contributed by atoms with E-state index in [9.17, 15) is 4.79 Å². The van der Waals surface area contributed by atoms with Crippen molar-refractivity contribution >= 4 is 34.7 Å². The van der Waals surface area contributed by atoms with E-state index in [1.807, 2.05) is 54.6 Å². The summed E-state index contributed by atoms with van der Waals surface area (Å²) in [5.74, 6) is 0.0144. The first-order valence-corrected chi connectivity index (χ1v) is 9.68. The predicted octanol–water partition coefficient (Wildman–Crippen LogP) is 3.42. The Morgan fingerprint density at radius 2 is 1.86 bits per heavy atom. The summed E-state index contributed by atoms with van der Waals surface area (Å²) in [5.41, 5.74) is 4.81. The Bertz CT molecular complexity index is 1190. The van der Waals surface area contributed by atoms with Gasteiger partial charge in [-0.3, -0.25) is 9.78 Å². The molecule has 0 saturated heterocycles. The average molecular weight is 402 g/mol. The van der Waals surface area contributed by atoms with Crippen LogP contribution in [-0.4, -0.2) is 33.0 Å². The van der Waals surface area contributed by atoms with Crippen molar-refractivity contribution in [3.05, 3.63) is 77.4 Å². The van der Waals surface area contributed by atoms with Gasteiger partial charge in [0.05, 0.1) is 23.1 Å². The van der Waals surface area contributed by atoms with Crippen LogP contribution in [0.25, 0.3) is 10.8 Å². The Labute approximate surface area is 169 Å². The fraction of sp³-hybridized carbons (Fsp3) is 0.0500. The molecular weight excluding hydrogens is 388 g/mol. The van der Waals surface area contributed by atoms with E-state index in [2.05, 4.69) is 25.8 Å². The molecule has 0 bridgehead atoms. The number of benzodiazepines with no additional fused rings is 1. The summed E-state index contributed by atoms with van der Waals surface area (Å²) < 4.78 is 5.63. The molecule has 2 N–H and O–H groups in total. The lowest BCUT2D eigenvalue weighted by Gasteiger charge is -2.11. The number of carbonyl (C=O) groups excluding carboxylic acids is 1. The van der Waals surface area contributed by atoms with E-state index in [0.717, 1.165) is 16.0 Å². The minimum absolute atomic E-state index is 0.107. The second kappa shape index (κ2) is 7.28. The highest BCUT2D eigenvalue weighted by atomic mass is 32.1. The molecule has 29 heavy (non-hydrogen) atoms. The lowest BCUT2D eigenvalue weighted by Crippen LogP contribution is -2.32. The zero-order valence-corrected chi connectivity index (χ0v) is 15.8. The highest BCUT2D eigenvalue weighted by Crippen LogP contribution is 2.26. The number of anilines is 2. The van der Waals surface area contributed by atoms with E-state index >= 15 is 0 Å². The minimum Gasteiger partial charge on any atom is -0.402 e. The molecule has 5 rings (SSSR count). The van der Waals surface area contributed by atoms with Crippen LogP contribution in [-0.2, 0) is 4.79 Å². The van der Waals surface area contributed by atoms with Crippen LogP contribution in [0.2, 0.25) is 0 Å². The molecule has 1 atom stereocenters. The molecule has 1 amide bonds. The second-order valence-electron chi connectivity index (χ2n) is 6.20. The summed E-state index contributed by atoms with van der Waals surface area (Å²) in [4.78, 5) is 22.3. The number of nitrogens with one attached hydrogen (secondary N) is 2. The lowest BCUT2D eigenvalue weighted by atomic mass is 10.0. The molecular formula is C20H14N6O2S. The van der Waals surface area contributed by atoms with Crippen LogP contribution in [0.4, 0.5) is 11.7 Å². The van der Waals surface area contributed by atoms with Crippen LogP contribution in [0.5, 0.6) is 0 Å². The number of aliphatic imine (C=N–C) groups is 1. The SMILES string of the molecule is O=C1Nc2ccccc2C(c2ccccc2)=N[C@@H]1Nc1nnc(-c2cncs2)o1. The van der Waals surface area contributed by atoms with Crippen molar-refractivity contribution in [3.8, 4) is 10.8 Å². The molecule has 142 valence electrons. The molecule has 0 unspecified atom stereocenters. The quantitative estimate of drug-likeness (QED) is 0.542. The second-order valence-corrected chi connectivity index (χ2v) is 7.09. The summed E-state index contributed by atoms with van der Waals surface area (Å²) in [6.45, 7) is 0. The zero-order valence-electron chi connectivity index (χ0n) is 14.9. The van der Waals surface area contributed by atoms with E-state index in [0.29, 0.717) is 17.3 Å². The van der Waals surface area contributed by atoms with Gasteiger partial charge in [0, 0.05) is 11.1 Å². The summed E-state index contributed by atoms with van der Waals surface area (Å²) in [5, 5.41) is 13.8. The number of aromatic nitrogens is 3. The monoisotopic (exact) mass is 402 g/mol. The smallest absolute Gasteiger partial charge is 0.317 e. The van der Waals surface area contributed by atoms with E-state index < -0.39 is 6.17 Å². The zero-order chi connectivity index (χ0) is 19.6. The summed E-state index contributed by atoms with van der Waals surface area (Å²) in [7, 11) is 0. The van der Waals surface area contributed by atoms with Crippen molar-refractivity contribution in [2.45, 2.75) is 6.17 Å². The van der Waals surface area contributed by atoms with Gasteiger partial charge in [-0.05, 0) is 6.07 Å². The number of nitrogens with zero attached hydrogens (tertiary/aromatic N) is 4. The van der Waals surface area contributed by atoms with Gasteiger partial charge in [-0.2, -0.15) is 0 Å². The Balaban J connectivity index is 1.52. The van der Waals surface area contributed by atoms with E-state index in [1.165, 1.54) is 11.3 Å². The molecule has 0 saturated carbocycles. The number of hydrogen-bond acceptors (Lipinski definition) is 8. The van der Waals surface area contributed by atoms with Gasteiger partial charge in [0.25, 0.3) is 11.8 Å². The lowest BCUT2D eigenvalue weighted by molar-refractivity contribution is -0.116. The molecule has 0 spiro atoms. The van der Waals surface area contributed by atoms with Crippen molar-refractivity contribution in [1.29, 1.82) is 0 Å². The molecule has 4 aromatic rings. The highest BCUT2D eigenvalue weighted by Gasteiger charge is 2.27. The first-order valence-electron chi connectivity index (χ1n) is 8.80. The first kappa shape index (κ1) is 17.3. The third kappa shape index (κ3) is 3.39. The van der Waals surface area contributed by atoms with Crippen LogP contribution < -0.4 is 10.6 Å². The summed E-state index contributed by atoms with van der Waals surface area (Å²) in [6.07, 6.45) is 0.704. The van der Waals surface area contributed by atoms with E-state index in [4.69, 9.17) is 9.41 Å². The van der Waals surface area contributed by atoms with Gasteiger partial charge in [0.15, 0.2) is 0 Å². The molecule has 0 fully saturated rings. The fourth-order valence-electron chi connectivity index (χ4n) is 3.00.